The van der Waals surface area contributed by atoms with Crippen LogP contribution >= 0.6 is 0 Å². The Morgan fingerprint density at radius 1 is 0.375 bits per heavy atom. The average molecular weight is 720 g/mol. The van der Waals surface area contributed by atoms with Crippen LogP contribution in [0.4, 0.5) is 17.1 Å². The van der Waals surface area contributed by atoms with E-state index in [0.717, 1.165) is 23.5 Å². The lowest BCUT2D eigenvalue weighted by atomic mass is 9.67. The monoisotopic (exact) mass is 719 g/mol. The Morgan fingerprint density at radius 3 is 1.54 bits per heavy atom. The molecule has 0 spiro atoms. The molecule has 1 atom stereocenters. The van der Waals surface area contributed by atoms with Gasteiger partial charge in [0.15, 0.2) is 0 Å². The lowest BCUT2D eigenvalue weighted by Gasteiger charge is -2.35. The van der Waals surface area contributed by atoms with Crippen LogP contribution < -0.4 is 4.90 Å². The Bertz CT molecular complexity index is 2650. The minimum Gasteiger partial charge on any atom is -0.310 e. The van der Waals surface area contributed by atoms with Gasteiger partial charge in [0.05, 0.1) is 5.69 Å². The van der Waals surface area contributed by atoms with Gasteiger partial charge in [0.25, 0.3) is 0 Å². The summed E-state index contributed by atoms with van der Waals surface area (Å²) in [6, 6.07) is 76.5. The van der Waals surface area contributed by atoms with Gasteiger partial charge in [0.1, 0.15) is 0 Å². The number of hydrogen-bond donors (Lipinski definition) is 0. The Kier molecular flexibility index (Phi) is 7.97. The molecular weight excluding hydrogens is 675 g/mol. The molecule has 0 N–H and O–H groups in total. The molecule has 0 aliphatic heterocycles. The Balaban J connectivity index is 1.13. The lowest BCUT2D eigenvalue weighted by molar-refractivity contribution is 0.473. The molecule has 0 heterocycles. The van der Waals surface area contributed by atoms with Gasteiger partial charge in [-0.1, -0.05) is 197 Å². The molecule has 0 amide bonds. The van der Waals surface area contributed by atoms with Crippen LogP contribution in [0.3, 0.4) is 0 Å². The molecule has 8 aromatic rings. The van der Waals surface area contributed by atoms with Crippen molar-refractivity contribution < 1.29 is 0 Å². The molecule has 1 nitrogen and oxygen atoms in total. The van der Waals surface area contributed by atoms with Crippen LogP contribution in [0.15, 0.2) is 206 Å². The van der Waals surface area contributed by atoms with E-state index in [2.05, 4.69) is 232 Å². The Hall–Kier alpha value is -6.44. The van der Waals surface area contributed by atoms with Crippen molar-refractivity contribution in [1.29, 1.82) is 0 Å². The van der Waals surface area contributed by atoms with E-state index < -0.39 is 0 Å². The fourth-order valence-electron chi connectivity index (χ4n) is 10.2. The molecular formula is C55H45N. The number of fused-ring (bicyclic) bond motifs is 4. The maximum Gasteiger partial charge on any atom is 0.0540 e. The van der Waals surface area contributed by atoms with E-state index in [1.165, 1.54) is 61.2 Å². The zero-order valence-electron chi connectivity index (χ0n) is 32.3. The van der Waals surface area contributed by atoms with E-state index in [0.29, 0.717) is 0 Å². The van der Waals surface area contributed by atoms with Gasteiger partial charge in [-0.05, 0) is 92.4 Å². The SMILES string of the molecule is CC1(C)c2ccccc2-c2ccc(N(c3ccc(C4(C)CC(c5ccccc5)(c5ccccc5)c5ccccc54)cc3)c3ccccc3-c3ccccc3)cc21. The fourth-order valence-corrected chi connectivity index (χ4v) is 10.2. The van der Waals surface area contributed by atoms with Crippen molar-refractivity contribution in [3.05, 3.63) is 245 Å². The zero-order valence-corrected chi connectivity index (χ0v) is 32.3. The predicted molar refractivity (Wildman–Crippen MR) is 234 cm³/mol. The van der Waals surface area contributed by atoms with E-state index in [1.807, 2.05) is 0 Å². The molecule has 56 heavy (non-hydrogen) atoms. The molecule has 0 aromatic heterocycles. The van der Waals surface area contributed by atoms with E-state index in [-0.39, 0.29) is 16.2 Å². The van der Waals surface area contributed by atoms with Crippen molar-refractivity contribution in [1.82, 2.24) is 0 Å². The van der Waals surface area contributed by atoms with Gasteiger partial charge in [-0.25, -0.2) is 0 Å². The molecule has 1 unspecified atom stereocenters. The van der Waals surface area contributed by atoms with Gasteiger partial charge >= 0.3 is 0 Å². The normalized spacial score (nSPS) is 17.1. The predicted octanol–water partition coefficient (Wildman–Crippen LogP) is 14.2. The third-order valence-electron chi connectivity index (χ3n) is 13.0. The molecule has 0 bridgehead atoms. The van der Waals surface area contributed by atoms with Crippen molar-refractivity contribution in [2.24, 2.45) is 0 Å². The van der Waals surface area contributed by atoms with Gasteiger partial charge in [0, 0.05) is 33.2 Å². The number of benzene rings is 8. The molecule has 10 rings (SSSR count). The average Bonchev–Trinajstić information content (AvgIpc) is 3.67. The number of para-hydroxylation sites is 1. The minimum absolute atomic E-state index is 0.106. The highest BCUT2D eigenvalue weighted by Crippen LogP contribution is 2.59. The molecule has 0 fully saturated rings. The van der Waals surface area contributed by atoms with E-state index >= 15 is 0 Å². The maximum atomic E-state index is 2.47. The summed E-state index contributed by atoms with van der Waals surface area (Å²) in [6.45, 7) is 7.18. The van der Waals surface area contributed by atoms with Crippen molar-refractivity contribution in [2.75, 3.05) is 4.90 Å². The molecule has 0 radical (unpaired) electrons. The Labute approximate surface area is 331 Å². The summed E-state index contributed by atoms with van der Waals surface area (Å²) in [6.07, 6.45) is 0.938. The smallest absolute Gasteiger partial charge is 0.0540 e. The summed E-state index contributed by atoms with van der Waals surface area (Å²) in [5, 5.41) is 0. The van der Waals surface area contributed by atoms with Crippen LogP contribution in [0, 0.1) is 0 Å². The van der Waals surface area contributed by atoms with Crippen molar-refractivity contribution in [2.45, 2.75) is 43.4 Å². The van der Waals surface area contributed by atoms with Gasteiger partial charge in [-0.2, -0.15) is 0 Å². The van der Waals surface area contributed by atoms with Gasteiger partial charge in [-0.15, -0.1) is 0 Å². The van der Waals surface area contributed by atoms with Gasteiger partial charge < -0.3 is 4.90 Å². The van der Waals surface area contributed by atoms with Crippen LogP contribution in [0.5, 0.6) is 0 Å². The first-order valence-corrected chi connectivity index (χ1v) is 19.9. The molecule has 270 valence electrons. The van der Waals surface area contributed by atoms with E-state index in [1.54, 1.807) is 0 Å². The van der Waals surface area contributed by atoms with Crippen LogP contribution in [-0.4, -0.2) is 0 Å². The molecule has 2 aliphatic carbocycles. The van der Waals surface area contributed by atoms with Crippen LogP contribution in [0.2, 0.25) is 0 Å². The zero-order chi connectivity index (χ0) is 37.9. The Morgan fingerprint density at radius 2 is 0.875 bits per heavy atom. The van der Waals surface area contributed by atoms with Gasteiger partial charge in [-0.3, -0.25) is 0 Å². The summed E-state index contributed by atoms with van der Waals surface area (Å²) < 4.78 is 0. The third-order valence-corrected chi connectivity index (χ3v) is 13.0. The summed E-state index contributed by atoms with van der Waals surface area (Å²) in [5.74, 6) is 0. The van der Waals surface area contributed by atoms with Crippen LogP contribution in [0.25, 0.3) is 22.3 Å². The van der Waals surface area contributed by atoms with Crippen LogP contribution in [-0.2, 0) is 16.2 Å². The van der Waals surface area contributed by atoms with Gasteiger partial charge in [0.2, 0.25) is 0 Å². The second-order valence-corrected chi connectivity index (χ2v) is 16.4. The summed E-state index contributed by atoms with van der Waals surface area (Å²) in [7, 11) is 0. The highest BCUT2D eigenvalue weighted by atomic mass is 15.1. The number of nitrogens with zero attached hydrogens (tertiary/aromatic N) is 1. The quantitative estimate of drug-likeness (QED) is 0.159. The third kappa shape index (κ3) is 5.15. The van der Waals surface area contributed by atoms with E-state index in [4.69, 9.17) is 0 Å². The fraction of sp³-hybridized carbons (Fsp3) is 0.127. The topological polar surface area (TPSA) is 3.24 Å². The maximum absolute atomic E-state index is 2.47. The first-order valence-electron chi connectivity index (χ1n) is 19.9. The standard InChI is InChI=1S/C55H45N/c1-53(2)48-27-15-13-26-46(48)47-36-35-44(37-51(47)53)56(52-30-18-14-25-45(52)39-19-7-4-8-20-39)43-33-31-40(32-34-43)54(3)38-55(41-21-9-5-10-22-41,42-23-11-6-12-24-42)50-29-17-16-28-49(50)54/h4-37H,38H2,1-3H3. The second kappa shape index (κ2) is 13.1. The van der Waals surface area contributed by atoms with E-state index in [9.17, 15) is 0 Å². The summed E-state index contributed by atoms with van der Waals surface area (Å²) in [5.41, 5.74) is 17.5. The van der Waals surface area contributed by atoms with Crippen molar-refractivity contribution >= 4 is 17.1 Å². The van der Waals surface area contributed by atoms with Crippen molar-refractivity contribution in [3.8, 4) is 22.3 Å². The molecule has 0 saturated heterocycles. The highest BCUT2D eigenvalue weighted by molar-refractivity contribution is 5.90. The second-order valence-electron chi connectivity index (χ2n) is 16.4. The first kappa shape index (κ1) is 34.1. The molecule has 0 saturated carbocycles. The first-order chi connectivity index (χ1) is 27.4. The number of rotatable bonds is 7. The van der Waals surface area contributed by atoms with Crippen molar-refractivity contribution in [3.63, 3.8) is 0 Å². The lowest BCUT2D eigenvalue weighted by Crippen LogP contribution is -2.30. The molecule has 8 aromatic carbocycles. The number of anilines is 3. The number of hydrogen-bond acceptors (Lipinski definition) is 1. The molecule has 1 heteroatoms. The van der Waals surface area contributed by atoms with Crippen LogP contribution in [0.1, 0.15) is 66.1 Å². The molecule has 2 aliphatic rings. The summed E-state index contributed by atoms with van der Waals surface area (Å²) >= 11 is 0. The highest BCUT2D eigenvalue weighted by Gasteiger charge is 2.52. The summed E-state index contributed by atoms with van der Waals surface area (Å²) in [4.78, 5) is 2.47. The minimum atomic E-state index is -0.276. The largest absolute Gasteiger partial charge is 0.310 e.